The molecule has 4 nitrogen and oxygen atoms in total. The minimum absolute atomic E-state index is 0.280. The smallest absolute Gasteiger partial charge is 0.0710 e. The van der Waals surface area contributed by atoms with Crippen LogP contribution in [0.25, 0.3) is 11.3 Å². The number of nitrogens with zero attached hydrogens (tertiary/aromatic N) is 2. The summed E-state index contributed by atoms with van der Waals surface area (Å²) < 4.78 is 0. The molecule has 0 amide bonds. The number of hydrogen-bond acceptors (Lipinski definition) is 3. The van der Waals surface area contributed by atoms with Gasteiger partial charge in [0.25, 0.3) is 0 Å². The zero-order valence-electron chi connectivity index (χ0n) is 14.5. The van der Waals surface area contributed by atoms with Crippen LogP contribution < -0.4 is 5.32 Å². The minimum atomic E-state index is 0.280. The molecule has 2 N–H and O–H groups in total. The van der Waals surface area contributed by atoms with Crippen molar-refractivity contribution < 1.29 is 0 Å². The molecular weight excluding hydrogens is 296 g/mol. The highest BCUT2D eigenvalue weighted by Crippen LogP contribution is 2.22. The summed E-state index contributed by atoms with van der Waals surface area (Å²) >= 11 is 0. The van der Waals surface area contributed by atoms with Crippen molar-refractivity contribution in [3.05, 3.63) is 71.7 Å². The van der Waals surface area contributed by atoms with Gasteiger partial charge in [-0.15, -0.1) is 0 Å². The minimum Gasteiger partial charge on any atom is -0.306 e. The van der Waals surface area contributed by atoms with Crippen LogP contribution in [-0.2, 0) is 6.54 Å². The Bertz CT molecular complexity index is 760. The summed E-state index contributed by atoms with van der Waals surface area (Å²) in [7, 11) is 0. The third kappa shape index (κ3) is 3.71. The third-order valence-corrected chi connectivity index (χ3v) is 4.37. The molecule has 0 saturated carbocycles. The van der Waals surface area contributed by atoms with Gasteiger partial charge in [0.05, 0.1) is 11.9 Å². The van der Waals surface area contributed by atoms with Gasteiger partial charge in [-0.05, 0) is 36.1 Å². The van der Waals surface area contributed by atoms with Crippen molar-refractivity contribution in [3.8, 4) is 11.3 Å². The van der Waals surface area contributed by atoms with E-state index in [0.29, 0.717) is 5.92 Å². The molecule has 1 atom stereocenters. The van der Waals surface area contributed by atoms with Crippen LogP contribution in [0.15, 0.2) is 55.0 Å². The second-order valence-corrected chi connectivity index (χ2v) is 6.44. The van der Waals surface area contributed by atoms with Gasteiger partial charge in [-0.3, -0.25) is 10.1 Å². The Morgan fingerprint density at radius 1 is 1.00 bits per heavy atom. The first-order chi connectivity index (χ1) is 11.6. The maximum absolute atomic E-state index is 4.19. The average molecular weight is 320 g/mol. The van der Waals surface area contributed by atoms with Crippen LogP contribution in [0.2, 0.25) is 0 Å². The van der Waals surface area contributed by atoms with Crippen LogP contribution >= 0.6 is 0 Å². The third-order valence-electron chi connectivity index (χ3n) is 4.37. The first-order valence-electron chi connectivity index (χ1n) is 8.41. The Labute approximate surface area is 143 Å². The van der Waals surface area contributed by atoms with Crippen LogP contribution in [0.5, 0.6) is 0 Å². The molecule has 124 valence electrons. The fourth-order valence-electron chi connectivity index (χ4n) is 2.76. The molecule has 0 radical (unpaired) electrons. The summed E-state index contributed by atoms with van der Waals surface area (Å²) in [4.78, 5) is 4.18. The summed E-state index contributed by atoms with van der Waals surface area (Å²) in [5.74, 6) is 0.565. The first kappa shape index (κ1) is 16.4. The predicted molar refractivity (Wildman–Crippen MR) is 97.6 cm³/mol. The number of aromatic nitrogens is 3. The summed E-state index contributed by atoms with van der Waals surface area (Å²) in [5, 5.41) is 10.8. The molecule has 0 aliphatic heterocycles. The van der Waals surface area contributed by atoms with Gasteiger partial charge in [0.1, 0.15) is 0 Å². The highest BCUT2D eigenvalue weighted by Gasteiger charge is 2.10. The lowest BCUT2D eigenvalue weighted by molar-refractivity contribution is 0.575. The largest absolute Gasteiger partial charge is 0.306 e. The van der Waals surface area contributed by atoms with E-state index in [0.717, 1.165) is 23.4 Å². The number of aromatic amines is 1. The predicted octanol–water partition coefficient (Wildman–Crippen LogP) is 4.45. The maximum Gasteiger partial charge on any atom is 0.0710 e. The zero-order chi connectivity index (χ0) is 16.9. The topological polar surface area (TPSA) is 53.6 Å². The van der Waals surface area contributed by atoms with Crippen molar-refractivity contribution in [2.24, 2.45) is 0 Å². The highest BCUT2D eigenvalue weighted by molar-refractivity contribution is 5.61. The Kier molecular flexibility index (Phi) is 5.06. The molecule has 0 saturated heterocycles. The van der Waals surface area contributed by atoms with Crippen LogP contribution in [0.4, 0.5) is 0 Å². The SMILES string of the molecule is CC(C)c1ccc([C@@H](C)NCc2cn[nH]c2-c2cccnc2)cc1. The number of nitrogens with one attached hydrogen (secondary N) is 2. The summed E-state index contributed by atoms with van der Waals surface area (Å²) in [6, 6.07) is 13.1. The average Bonchev–Trinajstić information content (AvgIpc) is 3.09. The van der Waals surface area contributed by atoms with Crippen molar-refractivity contribution in [1.29, 1.82) is 0 Å². The van der Waals surface area contributed by atoms with Crippen molar-refractivity contribution in [2.45, 2.75) is 39.3 Å². The van der Waals surface area contributed by atoms with Gasteiger partial charge in [-0.25, -0.2) is 0 Å². The molecule has 0 fully saturated rings. The monoisotopic (exact) mass is 320 g/mol. The molecule has 3 aromatic rings. The number of benzene rings is 1. The molecule has 0 aliphatic rings. The summed E-state index contributed by atoms with van der Waals surface area (Å²) in [5.41, 5.74) is 5.90. The van der Waals surface area contributed by atoms with Gasteiger partial charge >= 0.3 is 0 Å². The van der Waals surface area contributed by atoms with Crippen LogP contribution in [-0.4, -0.2) is 15.2 Å². The van der Waals surface area contributed by atoms with E-state index in [1.807, 2.05) is 24.5 Å². The molecular formula is C20H24N4. The Hall–Kier alpha value is -2.46. The quantitative estimate of drug-likeness (QED) is 0.705. The molecule has 24 heavy (non-hydrogen) atoms. The molecule has 4 heteroatoms. The van der Waals surface area contributed by atoms with Crippen molar-refractivity contribution in [1.82, 2.24) is 20.5 Å². The Morgan fingerprint density at radius 3 is 2.42 bits per heavy atom. The maximum atomic E-state index is 4.19. The van der Waals surface area contributed by atoms with E-state index in [1.165, 1.54) is 11.1 Å². The molecule has 0 spiro atoms. The fraction of sp³-hybridized carbons (Fsp3) is 0.300. The van der Waals surface area contributed by atoms with Crippen LogP contribution in [0.1, 0.15) is 49.4 Å². The Morgan fingerprint density at radius 2 is 1.75 bits per heavy atom. The lowest BCUT2D eigenvalue weighted by atomic mass is 9.99. The first-order valence-corrected chi connectivity index (χ1v) is 8.41. The van der Waals surface area contributed by atoms with Gasteiger partial charge in [0.2, 0.25) is 0 Å². The summed E-state index contributed by atoms with van der Waals surface area (Å²) in [6.45, 7) is 7.38. The standard InChI is InChI=1S/C20H24N4/c1-14(2)16-6-8-17(9-7-16)15(3)22-12-19-13-23-24-20(19)18-5-4-10-21-11-18/h4-11,13-15,22H,12H2,1-3H3,(H,23,24)/t15-/m1/s1. The van der Waals surface area contributed by atoms with E-state index in [1.54, 1.807) is 6.20 Å². The molecule has 0 bridgehead atoms. The van der Waals surface area contributed by atoms with Crippen LogP contribution in [0, 0.1) is 0 Å². The lowest BCUT2D eigenvalue weighted by Crippen LogP contribution is -2.18. The van der Waals surface area contributed by atoms with Crippen molar-refractivity contribution in [3.63, 3.8) is 0 Å². The van der Waals surface area contributed by atoms with Crippen molar-refractivity contribution >= 4 is 0 Å². The molecule has 0 aliphatic carbocycles. The molecule has 2 aromatic heterocycles. The van der Waals surface area contributed by atoms with E-state index < -0.39 is 0 Å². The van der Waals surface area contributed by atoms with Crippen LogP contribution in [0.3, 0.4) is 0 Å². The normalized spacial score (nSPS) is 12.5. The number of hydrogen-bond donors (Lipinski definition) is 2. The molecule has 1 aromatic carbocycles. The molecule has 2 heterocycles. The zero-order valence-corrected chi connectivity index (χ0v) is 14.5. The number of H-pyrrole nitrogens is 1. The van der Waals surface area contributed by atoms with E-state index in [4.69, 9.17) is 0 Å². The van der Waals surface area contributed by atoms with E-state index >= 15 is 0 Å². The van der Waals surface area contributed by atoms with Gasteiger partial charge in [-0.2, -0.15) is 5.10 Å². The van der Waals surface area contributed by atoms with Gasteiger partial charge in [0.15, 0.2) is 0 Å². The van der Waals surface area contributed by atoms with Crippen molar-refractivity contribution in [2.75, 3.05) is 0 Å². The van der Waals surface area contributed by atoms with E-state index in [9.17, 15) is 0 Å². The fourth-order valence-corrected chi connectivity index (χ4v) is 2.76. The Balaban J connectivity index is 1.67. The second kappa shape index (κ2) is 7.41. The summed E-state index contributed by atoms with van der Waals surface area (Å²) in [6.07, 6.45) is 5.51. The van der Waals surface area contributed by atoms with E-state index in [2.05, 4.69) is 65.5 Å². The van der Waals surface area contributed by atoms with Gasteiger partial charge in [0, 0.05) is 36.1 Å². The number of pyridine rings is 1. The van der Waals surface area contributed by atoms with Gasteiger partial charge in [-0.1, -0.05) is 38.1 Å². The lowest BCUT2D eigenvalue weighted by Gasteiger charge is -2.15. The van der Waals surface area contributed by atoms with Gasteiger partial charge < -0.3 is 5.32 Å². The molecule has 3 rings (SSSR count). The number of rotatable bonds is 6. The second-order valence-electron chi connectivity index (χ2n) is 6.44. The highest BCUT2D eigenvalue weighted by atomic mass is 15.1. The van der Waals surface area contributed by atoms with E-state index in [-0.39, 0.29) is 6.04 Å². The molecule has 0 unspecified atom stereocenters.